The van der Waals surface area contributed by atoms with Gasteiger partial charge in [-0.1, -0.05) is 6.07 Å². The largest absolute Gasteiger partial charge is 0.392 e. The number of nitrogens with zero attached hydrogens (tertiary/aromatic N) is 1. The summed E-state index contributed by atoms with van der Waals surface area (Å²) >= 11 is 0. The minimum absolute atomic E-state index is 0.224. The van der Waals surface area contributed by atoms with E-state index in [1.807, 2.05) is 0 Å². The van der Waals surface area contributed by atoms with Gasteiger partial charge in [0.25, 0.3) is 5.91 Å². The second-order valence-corrected chi connectivity index (χ2v) is 5.15. The molecule has 0 saturated heterocycles. The average molecular weight is 289 g/mol. The van der Waals surface area contributed by atoms with E-state index in [4.69, 9.17) is 5.11 Å². The Hall–Kier alpha value is -2.21. The first-order valence-electron chi connectivity index (χ1n) is 6.91. The molecule has 0 aliphatic heterocycles. The van der Waals surface area contributed by atoms with E-state index in [-0.39, 0.29) is 24.6 Å². The van der Waals surface area contributed by atoms with Crippen LogP contribution >= 0.6 is 0 Å². The Kier molecular flexibility index (Phi) is 3.70. The third kappa shape index (κ3) is 2.67. The van der Waals surface area contributed by atoms with E-state index in [0.29, 0.717) is 5.69 Å². The van der Waals surface area contributed by atoms with Gasteiger partial charge in [0.05, 0.1) is 6.61 Å². The fourth-order valence-corrected chi connectivity index (χ4v) is 2.63. The van der Waals surface area contributed by atoms with Crippen molar-refractivity contribution in [3.8, 4) is 0 Å². The highest BCUT2D eigenvalue weighted by Gasteiger charge is 2.22. The number of aliphatic hydroxyl groups excluding tert-OH is 1. The number of benzene rings is 1. The maximum Gasteiger partial charge on any atom is 0.272 e. The van der Waals surface area contributed by atoms with Gasteiger partial charge in [-0.2, -0.15) is 5.10 Å². The van der Waals surface area contributed by atoms with Crippen molar-refractivity contribution in [2.45, 2.75) is 32.4 Å². The number of hydrogen-bond acceptors (Lipinski definition) is 3. The Morgan fingerprint density at radius 2 is 2.29 bits per heavy atom. The van der Waals surface area contributed by atoms with Crippen molar-refractivity contribution < 1.29 is 14.3 Å². The van der Waals surface area contributed by atoms with Crippen LogP contribution in [0.25, 0.3) is 0 Å². The van der Waals surface area contributed by atoms with Crippen LogP contribution in [-0.4, -0.2) is 21.2 Å². The molecule has 3 N–H and O–H groups in total. The van der Waals surface area contributed by atoms with Crippen molar-refractivity contribution >= 4 is 5.91 Å². The number of aromatic amines is 1. The second-order valence-electron chi connectivity index (χ2n) is 5.15. The zero-order valence-corrected chi connectivity index (χ0v) is 11.4. The van der Waals surface area contributed by atoms with Crippen LogP contribution in [0.3, 0.4) is 0 Å². The predicted octanol–water partition coefficient (Wildman–Crippen LogP) is 1.46. The van der Waals surface area contributed by atoms with Crippen LogP contribution in [0.5, 0.6) is 0 Å². The number of carbonyl (C=O) groups excluding carboxylic acids is 1. The molecule has 0 fully saturated rings. The summed E-state index contributed by atoms with van der Waals surface area (Å²) in [5.74, 6) is -0.679. The monoisotopic (exact) mass is 289 g/mol. The third-order valence-corrected chi connectivity index (χ3v) is 3.75. The van der Waals surface area contributed by atoms with E-state index in [1.54, 1.807) is 12.1 Å². The van der Waals surface area contributed by atoms with Crippen molar-refractivity contribution in [1.82, 2.24) is 15.5 Å². The number of halogens is 1. The maximum absolute atomic E-state index is 13.3. The molecule has 1 aromatic carbocycles. The van der Waals surface area contributed by atoms with Gasteiger partial charge in [0.15, 0.2) is 5.69 Å². The molecule has 0 bridgehead atoms. The summed E-state index contributed by atoms with van der Waals surface area (Å²) in [5, 5.41) is 18.8. The number of carbonyl (C=O) groups is 1. The molecule has 5 nitrogen and oxygen atoms in total. The molecule has 0 atom stereocenters. The Bertz CT molecular complexity index is 682. The number of hydrogen-bond donors (Lipinski definition) is 3. The number of amides is 1. The minimum atomic E-state index is -0.447. The van der Waals surface area contributed by atoms with E-state index in [1.165, 1.54) is 6.07 Å². The standard InChI is InChI=1S/C15H16FN3O2/c16-12-5-4-9(6-10(12)8-20)7-17-15(21)14-11-2-1-3-13(11)18-19-14/h4-6,20H,1-3,7-8H2,(H,17,21)(H,18,19). The number of rotatable bonds is 4. The zero-order chi connectivity index (χ0) is 14.8. The Balaban J connectivity index is 1.68. The summed E-state index contributed by atoms with van der Waals surface area (Å²) in [6, 6.07) is 4.42. The smallest absolute Gasteiger partial charge is 0.272 e. The lowest BCUT2D eigenvalue weighted by Gasteiger charge is -2.07. The van der Waals surface area contributed by atoms with Crippen LogP contribution in [0, 0.1) is 5.82 Å². The lowest BCUT2D eigenvalue weighted by Crippen LogP contribution is -2.24. The maximum atomic E-state index is 13.3. The quantitative estimate of drug-likeness (QED) is 0.797. The van der Waals surface area contributed by atoms with Crippen LogP contribution in [0.2, 0.25) is 0 Å². The Morgan fingerprint density at radius 3 is 3.10 bits per heavy atom. The van der Waals surface area contributed by atoms with Gasteiger partial charge in [-0.05, 0) is 37.0 Å². The van der Waals surface area contributed by atoms with Crippen molar-refractivity contribution in [1.29, 1.82) is 0 Å². The third-order valence-electron chi connectivity index (χ3n) is 3.75. The van der Waals surface area contributed by atoms with Gasteiger partial charge in [0, 0.05) is 23.4 Å². The zero-order valence-electron chi connectivity index (χ0n) is 11.4. The van der Waals surface area contributed by atoms with Crippen LogP contribution in [0.1, 0.15) is 39.3 Å². The summed E-state index contributed by atoms with van der Waals surface area (Å²) in [4.78, 5) is 12.1. The molecule has 21 heavy (non-hydrogen) atoms. The average Bonchev–Trinajstić information content (AvgIpc) is 3.08. The summed E-state index contributed by atoms with van der Waals surface area (Å²) in [6.07, 6.45) is 2.86. The van der Waals surface area contributed by atoms with Gasteiger partial charge in [0.1, 0.15) is 5.82 Å². The molecule has 0 unspecified atom stereocenters. The number of aromatic nitrogens is 2. The van der Waals surface area contributed by atoms with Crippen LogP contribution in [0.15, 0.2) is 18.2 Å². The molecule has 0 saturated carbocycles. The normalized spacial score (nSPS) is 13.2. The minimum Gasteiger partial charge on any atom is -0.392 e. The fourth-order valence-electron chi connectivity index (χ4n) is 2.63. The molecule has 1 aliphatic rings. The van der Waals surface area contributed by atoms with E-state index in [2.05, 4.69) is 15.5 Å². The summed E-state index contributed by atoms with van der Waals surface area (Å²) in [6.45, 7) is -0.0890. The van der Waals surface area contributed by atoms with Crippen molar-refractivity contribution in [2.75, 3.05) is 0 Å². The molecule has 1 aromatic heterocycles. The van der Waals surface area contributed by atoms with E-state index < -0.39 is 5.82 Å². The Morgan fingerprint density at radius 1 is 1.43 bits per heavy atom. The van der Waals surface area contributed by atoms with Crippen LogP contribution in [-0.2, 0) is 26.0 Å². The van der Waals surface area contributed by atoms with Gasteiger partial charge in [-0.3, -0.25) is 9.89 Å². The molecular weight excluding hydrogens is 273 g/mol. The molecule has 1 heterocycles. The molecule has 3 rings (SSSR count). The summed E-state index contributed by atoms with van der Waals surface area (Å²) < 4.78 is 13.3. The highest BCUT2D eigenvalue weighted by Crippen LogP contribution is 2.22. The molecule has 6 heteroatoms. The van der Waals surface area contributed by atoms with Crippen LogP contribution < -0.4 is 5.32 Å². The number of aryl methyl sites for hydroxylation is 1. The lowest BCUT2D eigenvalue weighted by molar-refractivity contribution is 0.0945. The summed E-state index contributed by atoms with van der Waals surface area (Å²) in [7, 11) is 0. The van der Waals surface area contributed by atoms with E-state index in [9.17, 15) is 9.18 Å². The highest BCUT2D eigenvalue weighted by atomic mass is 19.1. The van der Waals surface area contributed by atoms with Gasteiger partial charge < -0.3 is 10.4 Å². The molecule has 110 valence electrons. The topological polar surface area (TPSA) is 78.0 Å². The molecular formula is C15H16FN3O2. The number of aliphatic hydroxyl groups is 1. The highest BCUT2D eigenvalue weighted by molar-refractivity contribution is 5.94. The lowest BCUT2D eigenvalue weighted by atomic mass is 10.1. The molecule has 2 aromatic rings. The summed E-state index contributed by atoms with van der Waals surface area (Å²) in [5.41, 5.74) is 3.46. The van der Waals surface area contributed by atoms with E-state index in [0.717, 1.165) is 36.1 Å². The Labute approximate surface area is 121 Å². The van der Waals surface area contributed by atoms with Crippen molar-refractivity contribution in [3.63, 3.8) is 0 Å². The SMILES string of the molecule is O=C(NCc1ccc(F)c(CO)c1)c1n[nH]c2c1CCC2. The molecule has 1 aliphatic carbocycles. The molecule has 1 amide bonds. The first-order chi connectivity index (χ1) is 10.2. The predicted molar refractivity (Wildman–Crippen MR) is 74.1 cm³/mol. The van der Waals surface area contributed by atoms with Crippen LogP contribution in [0.4, 0.5) is 4.39 Å². The van der Waals surface area contributed by atoms with Gasteiger partial charge in [0.2, 0.25) is 0 Å². The first kappa shape index (κ1) is 13.8. The van der Waals surface area contributed by atoms with Crippen molar-refractivity contribution in [2.24, 2.45) is 0 Å². The second kappa shape index (κ2) is 5.65. The number of fused-ring (bicyclic) bond motifs is 1. The molecule has 0 spiro atoms. The van der Waals surface area contributed by atoms with Crippen molar-refractivity contribution in [3.05, 3.63) is 52.1 Å². The number of H-pyrrole nitrogens is 1. The fraction of sp³-hybridized carbons (Fsp3) is 0.333. The molecule has 0 radical (unpaired) electrons. The van der Waals surface area contributed by atoms with Gasteiger partial charge in [-0.25, -0.2) is 4.39 Å². The number of nitrogens with one attached hydrogen (secondary N) is 2. The van der Waals surface area contributed by atoms with E-state index >= 15 is 0 Å². The van der Waals surface area contributed by atoms with Gasteiger partial charge >= 0.3 is 0 Å². The van der Waals surface area contributed by atoms with Gasteiger partial charge in [-0.15, -0.1) is 0 Å². The first-order valence-corrected chi connectivity index (χ1v) is 6.91.